The van der Waals surface area contributed by atoms with Gasteiger partial charge in [-0.25, -0.2) is 0 Å². The van der Waals surface area contributed by atoms with Gasteiger partial charge in [0.1, 0.15) is 4.83 Å². The summed E-state index contributed by atoms with van der Waals surface area (Å²) in [4.78, 5) is 17.4. The maximum atomic E-state index is 10.0. The van der Waals surface area contributed by atoms with Crippen LogP contribution in [-0.4, -0.2) is 15.9 Å². The molecular weight excluding hydrogens is 655 g/mol. The second kappa shape index (κ2) is 12.7. The van der Waals surface area contributed by atoms with Crippen molar-refractivity contribution in [3.05, 3.63) is 114 Å². The molecule has 0 amide bonds. The van der Waals surface area contributed by atoms with E-state index in [2.05, 4.69) is 105 Å². The molecule has 0 spiro atoms. The van der Waals surface area contributed by atoms with Crippen molar-refractivity contribution < 1.29 is 30.0 Å². The maximum Gasteiger partial charge on any atom is 0.155 e. The van der Waals surface area contributed by atoms with E-state index >= 15 is 0 Å². The topological polar surface area (TPSA) is 50.2 Å². The Balaban J connectivity index is 0.000000422. The Hall–Kier alpha value is -3.37. The van der Waals surface area contributed by atoms with Crippen molar-refractivity contribution in [3.8, 4) is 32.8 Å². The molecule has 189 valence electrons. The molecule has 3 aromatic carbocycles. The molecule has 0 atom stereocenters. The first-order chi connectivity index (χ1) is 17.3. The van der Waals surface area contributed by atoms with Crippen LogP contribution in [0.25, 0.3) is 43.0 Å². The van der Waals surface area contributed by atoms with Crippen molar-refractivity contribution >= 4 is 27.3 Å². The van der Waals surface area contributed by atoms with Crippen LogP contribution in [0.15, 0.2) is 96.8 Å². The third kappa shape index (κ3) is 7.11. The third-order valence-electron chi connectivity index (χ3n) is 5.49. The van der Waals surface area contributed by atoms with E-state index in [9.17, 15) is 4.79 Å². The standard InChI is InChI=1S/C27H20NS.C5H8O2.Ir/c1-18-15-19(2)17-22(16-18)24-14-13-23-25(20-9-5-3-6-10-20)26(29-27(23)28-24)21-11-7-4-8-12-21;1-4(6)3-5(2)7;/h3-16H,1-2H3;3,6H,1-2H3;/q-1;;/b;4-3-;. The molecule has 0 aliphatic rings. The Morgan fingerprint density at radius 3 is 2.05 bits per heavy atom. The van der Waals surface area contributed by atoms with E-state index in [1.165, 1.54) is 52.4 Å². The van der Waals surface area contributed by atoms with Gasteiger partial charge in [0, 0.05) is 42.0 Å². The smallest absolute Gasteiger partial charge is 0.155 e. The van der Waals surface area contributed by atoms with E-state index in [1.54, 1.807) is 11.3 Å². The van der Waals surface area contributed by atoms with Gasteiger partial charge in [0.05, 0.1) is 5.76 Å². The number of pyridine rings is 1. The number of aliphatic hydroxyl groups excluding tert-OH is 1. The molecule has 0 unspecified atom stereocenters. The van der Waals surface area contributed by atoms with E-state index in [-0.39, 0.29) is 31.6 Å². The third-order valence-corrected chi connectivity index (χ3v) is 6.64. The monoisotopic (exact) mass is 683 g/mol. The number of aryl methyl sites for hydroxylation is 2. The minimum atomic E-state index is -0.125. The van der Waals surface area contributed by atoms with Crippen LogP contribution in [0.5, 0.6) is 0 Å². The van der Waals surface area contributed by atoms with Gasteiger partial charge in [0.15, 0.2) is 5.78 Å². The number of nitrogens with zero attached hydrogens (tertiary/aromatic N) is 1. The van der Waals surface area contributed by atoms with Gasteiger partial charge in [-0.2, -0.15) is 0 Å². The fraction of sp³-hybridized carbons (Fsp3) is 0.125. The number of thiophene rings is 1. The Morgan fingerprint density at radius 2 is 1.51 bits per heavy atom. The van der Waals surface area contributed by atoms with Crippen LogP contribution in [0.2, 0.25) is 0 Å². The first kappa shape index (κ1) is 28.2. The van der Waals surface area contributed by atoms with Gasteiger partial charge >= 0.3 is 0 Å². The fourth-order valence-electron chi connectivity index (χ4n) is 4.14. The summed E-state index contributed by atoms with van der Waals surface area (Å²) in [5, 5.41) is 9.57. The number of fused-ring (bicyclic) bond motifs is 1. The van der Waals surface area contributed by atoms with Crippen molar-refractivity contribution in [3.63, 3.8) is 0 Å². The Morgan fingerprint density at radius 1 is 0.892 bits per heavy atom. The Kier molecular flexibility index (Phi) is 9.71. The number of carbonyl (C=O) groups is 1. The molecule has 37 heavy (non-hydrogen) atoms. The number of rotatable bonds is 4. The molecule has 0 fully saturated rings. The molecule has 2 heterocycles. The van der Waals surface area contributed by atoms with Crippen LogP contribution in [0.1, 0.15) is 25.0 Å². The van der Waals surface area contributed by atoms with Crippen LogP contribution in [0.3, 0.4) is 0 Å². The SMILES string of the molecule is CC(=O)/C=C(/C)O.Cc1[c-]c(-c2ccc3c(-c4ccccc4)c(-c4ccccc4)sc3n2)cc(C)c1.[Ir]. The maximum absolute atomic E-state index is 10.0. The van der Waals surface area contributed by atoms with Gasteiger partial charge < -0.3 is 5.11 Å². The van der Waals surface area contributed by atoms with Crippen molar-refractivity contribution in [2.24, 2.45) is 0 Å². The minimum Gasteiger partial charge on any atom is -0.512 e. The van der Waals surface area contributed by atoms with Gasteiger partial charge in [-0.15, -0.1) is 46.2 Å². The fourth-order valence-corrected chi connectivity index (χ4v) is 5.34. The molecule has 0 aliphatic heterocycles. The molecule has 1 radical (unpaired) electrons. The summed E-state index contributed by atoms with van der Waals surface area (Å²) < 4.78 is 0. The molecule has 1 N–H and O–H groups in total. The quantitative estimate of drug-likeness (QED) is 0.117. The number of aromatic nitrogens is 1. The van der Waals surface area contributed by atoms with Gasteiger partial charge in [-0.1, -0.05) is 86.6 Å². The van der Waals surface area contributed by atoms with Crippen molar-refractivity contribution in [1.82, 2.24) is 4.98 Å². The van der Waals surface area contributed by atoms with E-state index in [4.69, 9.17) is 10.1 Å². The van der Waals surface area contributed by atoms with Crippen LogP contribution >= 0.6 is 11.3 Å². The first-order valence-corrected chi connectivity index (χ1v) is 12.6. The minimum absolute atomic E-state index is 0. The van der Waals surface area contributed by atoms with Gasteiger partial charge in [0.2, 0.25) is 0 Å². The predicted molar refractivity (Wildman–Crippen MR) is 151 cm³/mol. The van der Waals surface area contributed by atoms with Crippen molar-refractivity contribution in [2.45, 2.75) is 27.7 Å². The number of ketones is 1. The number of hydrogen-bond acceptors (Lipinski definition) is 4. The molecule has 2 aromatic heterocycles. The zero-order chi connectivity index (χ0) is 25.7. The number of carbonyl (C=O) groups excluding carboxylic acids is 1. The zero-order valence-corrected chi connectivity index (χ0v) is 24.4. The predicted octanol–water partition coefficient (Wildman–Crippen LogP) is 8.75. The molecule has 5 heteroatoms. The second-order valence-electron chi connectivity index (χ2n) is 8.74. The van der Waals surface area contributed by atoms with Crippen LogP contribution in [-0.2, 0) is 24.9 Å². The van der Waals surface area contributed by atoms with Crippen LogP contribution in [0.4, 0.5) is 0 Å². The zero-order valence-electron chi connectivity index (χ0n) is 21.2. The van der Waals surface area contributed by atoms with Crippen molar-refractivity contribution in [2.75, 3.05) is 0 Å². The normalized spacial score (nSPS) is 10.9. The average Bonchev–Trinajstić information content (AvgIpc) is 3.23. The summed E-state index contributed by atoms with van der Waals surface area (Å²) in [7, 11) is 0. The number of hydrogen-bond donors (Lipinski definition) is 1. The van der Waals surface area contributed by atoms with E-state index in [0.717, 1.165) is 21.7 Å². The summed E-state index contributed by atoms with van der Waals surface area (Å²) >= 11 is 1.76. The van der Waals surface area contributed by atoms with Crippen molar-refractivity contribution in [1.29, 1.82) is 0 Å². The number of benzene rings is 3. The summed E-state index contributed by atoms with van der Waals surface area (Å²) in [6, 6.07) is 33.3. The molecule has 0 saturated heterocycles. The second-order valence-corrected chi connectivity index (χ2v) is 9.74. The molecule has 3 nitrogen and oxygen atoms in total. The van der Waals surface area contributed by atoms with E-state index in [0.29, 0.717) is 0 Å². The van der Waals surface area contributed by atoms with Gasteiger partial charge in [-0.3, -0.25) is 9.78 Å². The summed E-state index contributed by atoms with van der Waals surface area (Å²) in [5.74, 6) is -0.0625. The average molecular weight is 683 g/mol. The molecular formula is C32H28IrNO2S-. The summed E-state index contributed by atoms with van der Waals surface area (Å²) in [6.07, 6.45) is 1.17. The molecule has 5 aromatic rings. The summed E-state index contributed by atoms with van der Waals surface area (Å²) in [6.45, 7) is 7.05. The molecule has 5 rings (SSSR count). The van der Waals surface area contributed by atoms with Crippen LogP contribution < -0.4 is 0 Å². The Labute approximate surface area is 235 Å². The number of aliphatic hydroxyl groups is 1. The summed E-state index contributed by atoms with van der Waals surface area (Å²) in [5.41, 5.74) is 8.13. The molecule has 0 saturated carbocycles. The van der Waals surface area contributed by atoms with E-state index < -0.39 is 0 Å². The number of allylic oxidation sites excluding steroid dienone is 2. The van der Waals surface area contributed by atoms with E-state index in [1.807, 2.05) is 0 Å². The molecule has 0 bridgehead atoms. The largest absolute Gasteiger partial charge is 0.512 e. The first-order valence-electron chi connectivity index (χ1n) is 11.7. The van der Waals surface area contributed by atoms with Crippen LogP contribution in [0, 0.1) is 19.9 Å². The Bertz CT molecular complexity index is 1520. The van der Waals surface area contributed by atoms with Gasteiger partial charge in [0.25, 0.3) is 0 Å². The van der Waals surface area contributed by atoms with Gasteiger partial charge in [-0.05, 0) is 30.7 Å². The molecule has 0 aliphatic carbocycles.